The highest BCUT2D eigenvalue weighted by Crippen LogP contribution is 2.30. The first-order chi connectivity index (χ1) is 11.4. The molecule has 1 saturated heterocycles. The minimum atomic E-state index is 0.535. The smallest absolute Gasteiger partial charge is 0.258 e. The second kappa shape index (κ2) is 6.71. The van der Waals surface area contributed by atoms with Gasteiger partial charge in [0.05, 0.1) is 17.6 Å². The number of nitrogens with zero attached hydrogens (tertiary/aromatic N) is 2. The van der Waals surface area contributed by atoms with Crippen molar-refractivity contribution in [2.75, 3.05) is 18.5 Å². The van der Waals surface area contributed by atoms with Crippen molar-refractivity contribution in [3.8, 4) is 5.88 Å². The number of rotatable bonds is 6. The molecule has 2 N–H and O–H groups in total. The molecule has 1 aromatic heterocycles. The molecule has 2 aromatic rings. The van der Waals surface area contributed by atoms with Crippen LogP contribution >= 0.6 is 0 Å². The van der Waals surface area contributed by atoms with E-state index >= 15 is 0 Å². The van der Waals surface area contributed by atoms with Crippen molar-refractivity contribution in [1.82, 2.24) is 15.3 Å². The molecule has 1 aliphatic heterocycles. The second-order valence-electron chi connectivity index (χ2n) is 6.57. The lowest BCUT2D eigenvalue weighted by Gasteiger charge is -2.23. The SMILES string of the molecule is c1ccc2nc(OCCC3CCCCN3)c(NC3CC3)nc2c1. The number of hydrogen-bond donors (Lipinski definition) is 2. The van der Waals surface area contributed by atoms with Gasteiger partial charge in [-0.25, -0.2) is 9.97 Å². The molecule has 0 spiro atoms. The quantitative estimate of drug-likeness (QED) is 0.858. The molecule has 5 nitrogen and oxygen atoms in total. The summed E-state index contributed by atoms with van der Waals surface area (Å²) in [4.78, 5) is 9.38. The first kappa shape index (κ1) is 14.7. The molecule has 1 saturated carbocycles. The summed E-state index contributed by atoms with van der Waals surface area (Å²) in [7, 11) is 0. The summed E-state index contributed by atoms with van der Waals surface area (Å²) in [5.74, 6) is 1.44. The normalized spacial score (nSPS) is 21.3. The lowest BCUT2D eigenvalue weighted by Crippen LogP contribution is -2.35. The zero-order valence-corrected chi connectivity index (χ0v) is 13.4. The van der Waals surface area contributed by atoms with Crippen LogP contribution < -0.4 is 15.4 Å². The van der Waals surface area contributed by atoms with Crippen LogP contribution in [-0.2, 0) is 0 Å². The molecule has 1 aliphatic carbocycles. The number of hydrogen-bond acceptors (Lipinski definition) is 5. The van der Waals surface area contributed by atoms with E-state index in [1.165, 1.54) is 32.1 Å². The molecular formula is C18H24N4O. The van der Waals surface area contributed by atoms with Crippen LogP contribution in [0.15, 0.2) is 24.3 Å². The van der Waals surface area contributed by atoms with Crippen molar-refractivity contribution in [3.63, 3.8) is 0 Å². The summed E-state index contributed by atoms with van der Waals surface area (Å²) >= 11 is 0. The lowest BCUT2D eigenvalue weighted by atomic mass is 10.0. The minimum Gasteiger partial charge on any atom is -0.475 e. The molecule has 0 amide bonds. The molecule has 1 atom stereocenters. The van der Waals surface area contributed by atoms with Gasteiger partial charge < -0.3 is 15.4 Å². The highest BCUT2D eigenvalue weighted by atomic mass is 16.5. The zero-order chi connectivity index (χ0) is 15.5. The number of piperidine rings is 1. The summed E-state index contributed by atoms with van der Waals surface area (Å²) in [5.41, 5.74) is 1.80. The number of aromatic nitrogens is 2. The van der Waals surface area contributed by atoms with Gasteiger partial charge in [-0.05, 0) is 50.8 Å². The second-order valence-corrected chi connectivity index (χ2v) is 6.57. The molecule has 2 aliphatic rings. The lowest BCUT2D eigenvalue weighted by molar-refractivity contribution is 0.261. The van der Waals surface area contributed by atoms with Crippen LogP contribution in [0.2, 0.25) is 0 Å². The summed E-state index contributed by atoms with van der Waals surface area (Å²) in [6, 6.07) is 9.08. The zero-order valence-electron chi connectivity index (χ0n) is 13.4. The van der Waals surface area contributed by atoms with Gasteiger partial charge in [0.1, 0.15) is 0 Å². The number of benzene rings is 1. The maximum absolute atomic E-state index is 6.00. The Hall–Kier alpha value is -1.88. The van der Waals surface area contributed by atoms with E-state index in [2.05, 4.69) is 15.6 Å². The van der Waals surface area contributed by atoms with Crippen LogP contribution in [-0.4, -0.2) is 35.2 Å². The third-order valence-electron chi connectivity index (χ3n) is 4.57. The van der Waals surface area contributed by atoms with E-state index in [-0.39, 0.29) is 0 Å². The molecule has 122 valence electrons. The largest absolute Gasteiger partial charge is 0.475 e. The fraction of sp³-hybridized carbons (Fsp3) is 0.556. The summed E-state index contributed by atoms with van der Waals surface area (Å²) in [6.45, 7) is 1.82. The van der Waals surface area contributed by atoms with Gasteiger partial charge in [0, 0.05) is 12.1 Å². The maximum Gasteiger partial charge on any atom is 0.258 e. The molecule has 1 unspecified atom stereocenters. The van der Waals surface area contributed by atoms with Crippen LogP contribution in [0.3, 0.4) is 0 Å². The van der Waals surface area contributed by atoms with Gasteiger partial charge in [-0.1, -0.05) is 18.6 Å². The van der Waals surface area contributed by atoms with E-state index in [4.69, 9.17) is 9.72 Å². The standard InChI is InChI=1S/C18H24N4O/c1-2-7-16-15(6-1)21-17(20-14-8-9-14)18(22-16)23-12-10-13-5-3-4-11-19-13/h1-2,6-7,13-14,19H,3-5,8-12H2,(H,20,21). The van der Waals surface area contributed by atoms with Gasteiger partial charge in [-0.3, -0.25) is 0 Å². The van der Waals surface area contributed by atoms with Gasteiger partial charge in [0.2, 0.25) is 0 Å². The van der Waals surface area contributed by atoms with Crippen molar-refractivity contribution >= 4 is 16.9 Å². The van der Waals surface area contributed by atoms with Crippen molar-refractivity contribution in [2.45, 2.75) is 50.6 Å². The molecule has 5 heteroatoms. The number of fused-ring (bicyclic) bond motifs is 1. The Kier molecular flexibility index (Phi) is 4.28. The van der Waals surface area contributed by atoms with Crippen LogP contribution in [0.1, 0.15) is 38.5 Å². The molecule has 4 rings (SSSR count). The first-order valence-corrected chi connectivity index (χ1v) is 8.78. The highest BCUT2D eigenvalue weighted by Gasteiger charge is 2.24. The molecule has 2 heterocycles. The van der Waals surface area contributed by atoms with Gasteiger partial charge in [0.25, 0.3) is 5.88 Å². The van der Waals surface area contributed by atoms with Crippen molar-refractivity contribution in [1.29, 1.82) is 0 Å². The Morgan fingerprint density at radius 1 is 1.09 bits per heavy atom. The summed E-state index contributed by atoms with van der Waals surface area (Å²) < 4.78 is 6.00. The van der Waals surface area contributed by atoms with Gasteiger partial charge >= 0.3 is 0 Å². The van der Waals surface area contributed by atoms with Crippen molar-refractivity contribution in [2.24, 2.45) is 0 Å². The number of nitrogens with one attached hydrogen (secondary N) is 2. The molecular weight excluding hydrogens is 288 g/mol. The predicted molar refractivity (Wildman–Crippen MR) is 91.9 cm³/mol. The Labute approximate surface area is 136 Å². The monoisotopic (exact) mass is 312 g/mol. The van der Waals surface area contributed by atoms with E-state index < -0.39 is 0 Å². The van der Waals surface area contributed by atoms with Crippen molar-refractivity contribution < 1.29 is 4.74 Å². The fourth-order valence-electron chi connectivity index (χ4n) is 3.07. The molecule has 23 heavy (non-hydrogen) atoms. The van der Waals surface area contributed by atoms with Gasteiger partial charge in [0.15, 0.2) is 5.82 Å². The number of anilines is 1. The summed E-state index contributed by atoms with van der Waals surface area (Å²) in [5, 5.41) is 7.01. The number of para-hydroxylation sites is 2. The topological polar surface area (TPSA) is 59.1 Å². The predicted octanol–water partition coefficient (Wildman–Crippen LogP) is 3.12. The van der Waals surface area contributed by atoms with Crippen molar-refractivity contribution in [3.05, 3.63) is 24.3 Å². The molecule has 0 bridgehead atoms. The molecule has 0 radical (unpaired) electrons. The Balaban J connectivity index is 1.47. The Morgan fingerprint density at radius 3 is 2.65 bits per heavy atom. The van der Waals surface area contributed by atoms with Crippen LogP contribution in [0.4, 0.5) is 5.82 Å². The van der Waals surface area contributed by atoms with Crippen LogP contribution in [0.5, 0.6) is 5.88 Å². The average molecular weight is 312 g/mol. The Bertz CT molecular complexity index is 665. The average Bonchev–Trinajstić information content (AvgIpc) is 3.40. The maximum atomic E-state index is 6.00. The van der Waals surface area contributed by atoms with E-state index in [9.17, 15) is 0 Å². The van der Waals surface area contributed by atoms with E-state index in [0.29, 0.717) is 24.6 Å². The van der Waals surface area contributed by atoms with E-state index in [1.54, 1.807) is 0 Å². The number of ether oxygens (including phenoxy) is 1. The van der Waals surface area contributed by atoms with Crippen LogP contribution in [0.25, 0.3) is 11.0 Å². The van der Waals surface area contributed by atoms with E-state index in [1.807, 2.05) is 24.3 Å². The fourth-order valence-corrected chi connectivity index (χ4v) is 3.07. The highest BCUT2D eigenvalue weighted by molar-refractivity contribution is 5.77. The third-order valence-corrected chi connectivity index (χ3v) is 4.57. The molecule has 2 fully saturated rings. The van der Waals surface area contributed by atoms with Gasteiger partial charge in [-0.15, -0.1) is 0 Å². The summed E-state index contributed by atoms with van der Waals surface area (Å²) in [6.07, 6.45) is 7.31. The Morgan fingerprint density at radius 2 is 1.91 bits per heavy atom. The van der Waals surface area contributed by atoms with Crippen LogP contribution in [0, 0.1) is 0 Å². The van der Waals surface area contributed by atoms with E-state index in [0.717, 1.165) is 29.8 Å². The van der Waals surface area contributed by atoms with Gasteiger partial charge in [-0.2, -0.15) is 0 Å². The molecule has 1 aromatic carbocycles. The first-order valence-electron chi connectivity index (χ1n) is 8.78. The minimum absolute atomic E-state index is 0.535. The third kappa shape index (κ3) is 3.72.